The van der Waals surface area contributed by atoms with E-state index in [0.717, 1.165) is 40.6 Å². The number of rotatable bonds is 4. The molecular formula is C22H16F4N4O. The second kappa shape index (κ2) is 7.82. The van der Waals surface area contributed by atoms with Crippen LogP contribution in [0.2, 0.25) is 0 Å². The lowest BCUT2D eigenvalue weighted by atomic mass is 10.0. The van der Waals surface area contributed by atoms with Gasteiger partial charge in [0.15, 0.2) is 11.4 Å². The number of halogens is 4. The Morgan fingerprint density at radius 1 is 1.00 bits per heavy atom. The summed E-state index contributed by atoms with van der Waals surface area (Å²) in [4.78, 5) is 12.7. The van der Waals surface area contributed by atoms with Gasteiger partial charge >= 0.3 is 6.18 Å². The van der Waals surface area contributed by atoms with Crippen LogP contribution in [-0.2, 0) is 6.18 Å². The van der Waals surface area contributed by atoms with Crippen molar-refractivity contribution in [1.82, 2.24) is 20.3 Å². The maximum Gasteiger partial charge on any atom is 0.435 e. The van der Waals surface area contributed by atoms with E-state index in [1.165, 1.54) is 0 Å². The van der Waals surface area contributed by atoms with Gasteiger partial charge < -0.3 is 5.32 Å². The van der Waals surface area contributed by atoms with Gasteiger partial charge in [-0.05, 0) is 53.6 Å². The molecule has 31 heavy (non-hydrogen) atoms. The Kier molecular flexibility index (Phi) is 5.18. The highest BCUT2D eigenvalue weighted by molar-refractivity contribution is 5.94. The first-order chi connectivity index (χ1) is 14.7. The van der Waals surface area contributed by atoms with Crippen molar-refractivity contribution in [3.05, 3.63) is 89.5 Å². The quantitative estimate of drug-likeness (QED) is 0.462. The van der Waals surface area contributed by atoms with Crippen LogP contribution >= 0.6 is 0 Å². The number of benzene rings is 3. The normalized spacial score (nSPS) is 12.7. The number of nitrogens with zero attached hydrogens (tertiary/aromatic N) is 3. The van der Waals surface area contributed by atoms with E-state index in [9.17, 15) is 22.4 Å². The first-order valence-corrected chi connectivity index (χ1v) is 9.32. The summed E-state index contributed by atoms with van der Waals surface area (Å²) in [6.45, 7) is 1.67. The highest BCUT2D eigenvalue weighted by Crippen LogP contribution is 2.33. The van der Waals surface area contributed by atoms with Crippen molar-refractivity contribution in [2.75, 3.05) is 0 Å². The van der Waals surface area contributed by atoms with Gasteiger partial charge in [0, 0.05) is 0 Å². The molecule has 0 radical (unpaired) electrons. The summed E-state index contributed by atoms with van der Waals surface area (Å²) in [6.07, 6.45) is -4.91. The van der Waals surface area contributed by atoms with Crippen molar-refractivity contribution in [2.24, 2.45) is 0 Å². The molecule has 0 bridgehead atoms. The minimum Gasteiger partial charge on any atom is -0.344 e. The third-order valence-electron chi connectivity index (χ3n) is 4.85. The Bertz CT molecular complexity index is 1250. The van der Waals surface area contributed by atoms with E-state index in [-0.39, 0.29) is 5.69 Å². The van der Waals surface area contributed by atoms with Crippen molar-refractivity contribution in [3.63, 3.8) is 0 Å². The average molecular weight is 428 g/mol. The third-order valence-corrected chi connectivity index (χ3v) is 4.85. The Morgan fingerprint density at radius 3 is 2.35 bits per heavy atom. The van der Waals surface area contributed by atoms with Crippen LogP contribution < -0.4 is 5.32 Å². The van der Waals surface area contributed by atoms with Crippen LogP contribution in [0.5, 0.6) is 0 Å². The fraction of sp³-hybridized carbons (Fsp3) is 0.136. The molecule has 0 spiro atoms. The molecule has 0 aliphatic rings. The van der Waals surface area contributed by atoms with Crippen LogP contribution in [0.25, 0.3) is 16.5 Å². The van der Waals surface area contributed by atoms with Crippen LogP contribution in [0.3, 0.4) is 0 Å². The molecule has 4 aromatic rings. The van der Waals surface area contributed by atoms with E-state index in [1.807, 2.05) is 36.4 Å². The molecule has 1 heterocycles. The van der Waals surface area contributed by atoms with Gasteiger partial charge in [-0.3, -0.25) is 4.79 Å². The number of aromatic nitrogens is 3. The minimum atomic E-state index is -4.91. The molecule has 1 N–H and O–H groups in total. The first kappa shape index (κ1) is 20.5. The van der Waals surface area contributed by atoms with Crippen molar-refractivity contribution in [1.29, 1.82) is 0 Å². The Balaban J connectivity index is 1.65. The van der Waals surface area contributed by atoms with E-state index in [2.05, 4.69) is 15.6 Å². The third kappa shape index (κ3) is 4.11. The monoisotopic (exact) mass is 428 g/mol. The summed E-state index contributed by atoms with van der Waals surface area (Å²) in [5.41, 5.74) is -1.53. The van der Waals surface area contributed by atoms with Crippen molar-refractivity contribution >= 4 is 16.7 Å². The van der Waals surface area contributed by atoms with Crippen LogP contribution in [0.1, 0.15) is 34.7 Å². The fourth-order valence-electron chi connectivity index (χ4n) is 3.28. The lowest BCUT2D eigenvalue weighted by Crippen LogP contribution is -2.29. The van der Waals surface area contributed by atoms with Crippen LogP contribution in [0, 0.1) is 5.82 Å². The van der Waals surface area contributed by atoms with Gasteiger partial charge in [0.05, 0.1) is 11.7 Å². The minimum absolute atomic E-state index is 0.0668. The summed E-state index contributed by atoms with van der Waals surface area (Å²) in [6, 6.07) is 16.8. The van der Waals surface area contributed by atoms with Gasteiger partial charge in [-0.2, -0.15) is 13.2 Å². The number of fused-ring (bicyclic) bond motifs is 1. The van der Waals surface area contributed by atoms with Gasteiger partial charge in [0.1, 0.15) is 5.82 Å². The van der Waals surface area contributed by atoms with E-state index in [1.54, 1.807) is 13.0 Å². The molecule has 0 fully saturated rings. The van der Waals surface area contributed by atoms with E-state index < -0.39 is 35.3 Å². The molecule has 9 heteroatoms. The maximum absolute atomic E-state index is 13.7. The molecule has 0 saturated heterocycles. The van der Waals surface area contributed by atoms with Gasteiger partial charge in [-0.1, -0.05) is 41.6 Å². The summed E-state index contributed by atoms with van der Waals surface area (Å²) in [7, 11) is 0. The maximum atomic E-state index is 13.7. The molecule has 0 aliphatic heterocycles. The molecule has 4 rings (SSSR count). The zero-order valence-electron chi connectivity index (χ0n) is 16.2. The largest absolute Gasteiger partial charge is 0.435 e. The lowest BCUT2D eigenvalue weighted by molar-refractivity contribution is -0.143. The number of amides is 1. The predicted octanol–water partition coefficient (Wildman–Crippen LogP) is 5.07. The number of carbonyl (C=O) groups excluding carboxylic acids is 1. The number of hydrogen-bond acceptors (Lipinski definition) is 3. The topological polar surface area (TPSA) is 59.8 Å². The molecular weight excluding hydrogens is 412 g/mol. The average Bonchev–Trinajstić information content (AvgIpc) is 3.20. The molecule has 158 valence electrons. The summed E-state index contributed by atoms with van der Waals surface area (Å²) in [5, 5.41) is 11.5. The zero-order chi connectivity index (χ0) is 22.2. The van der Waals surface area contributed by atoms with Crippen LogP contribution in [0.4, 0.5) is 17.6 Å². The number of nitrogens with one attached hydrogen (secondary N) is 1. The SMILES string of the molecule is CC(NC(=O)c1nnn(-c2ccc(F)cc2)c1C(F)(F)F)c1ccc2ccccc2c1. The fourth-order valence-corrected chi connectivity index (χ4v) is 3.28. The molecule has 3 aromatic carbocycles. The highest BCUT2D eigenvalue weighted by Gasteiger charge is 2.42. The molecule has 0 aliphatic carbocycles. The van der Waals surface area contributed by atoms with Crippen LogP contribution in [-0.4, -0.2) is 20.9 Å². The molecule has 5 nitrogen and oxygen atoms in total. The standard InChI is InChI=1S/C22H16F4N4O/c1-13(15-7-6-14-4-2-3-5-16(14)12-15)27-21(31)19-20(22(24,25)26)30(29-28-19)18-10-8-17(23)9-11-18/h2-13H,1H3,(H,27,31). The molecule has 1 unspecified atom stereocenters. The van der Waals surface area contributed by atoms with Gasteiger partial charge in [-0.25, -0.2) is 9.07 Å². The zero-order valence-corrected chi connectivity index (χ0v) is 16.2. The molecule has 1 aromatic heterocycles. The summed E-state index contributed by atoms with van der Waals surface area (Å²) < 4.78 is 54.9. The van der Waals surface area contributed by atoms with Gasteiger partial charge in [0.25, 0.3) is 5.91 Å². The second-order valence-electron chi connectivity index (χ2n) is 6.97. The lowest BCUT2D eigenvalue weighted by Gasteiger charge is -2.16. The molecule has 1 amide bonds. The Labute approximate surface area is 174 Å². The summed E-state index contributed by atoms with van der Waals surface area (Å²) in [5.74, 6) is -1.62. The predicted molar refractivity (Wildman–Crippen MR) is 106 cm³/mol. The van der Waals surface area contributed by atoms with Crippen LogP contribution in [0.15, 0.2) is 66.7 Å². The van der Waals surface area contributed by atoms with E-state index in [4.69, 9.17) is 0 Å². The number of carbonyl (C=O) groups is 1. The van der Waals surface area contributed by atoms with Crippen molar-refractivity contribution < 1.29 is 22.4 Å². The Morgan fingerprint density at radius 2 is 1.68 bits per heavy atom. The van der Waals surface area contributed by atoms with Gasteiger partial charge in [-0.15, -0.1) is 5.10 Å². The van der Waals surface area contributed by atoms with E-state index >= 15 is 0 Å². The Hall–Kier alpha value is -3.75. The molecule has 1 atom stereocenters. The van der Waals surface area contributed by atoms with Crippen molar-refractivity contribution in [2.45, 2.75) is 19.1 Å². The number of alkyl halides is 3. The highest BCUT2D eigenvalue weighted by atomic mass is 19.4. The first-order valence-electron chi connectivity index (χ1n) is 9.32. The molecule has 0 saturated carbocycles. The second-order valence-corrected chi connectivity index (χ2v) is 6.97. The summed E-state index contributed by atoms with van der Waals surface area (Å²) >= 11 is 0. The smallest absolute Gasteiger partial charge is 0.344 e. The van der Waals surface area contributed by atoms with E-state index in [0.29, 0.717) is 4.68 Å². The van der Waals surface area contributed by atoms with Gasteiger partial charge in [0.2, 0.25) is 0 Å². The van der Waals surface area contributed by atoms with Crippen molar-refractivity contribution in [3.8, 4) is 5.69 Å². The number of hydrogen-bond donors (Lipinski definition) is 1.